The van der Waals surface area contributed by atoms with Gasteiger partial charge in [0.2, 0.25) is 5.91 Å². The van der Waals surface area contributed by atoms with Crippen molar-refractivity contribution in [1.82, 2.24) is 10.2 Å². The third-order valence-electron chi connectivity index (χ3n) is 3.98. The van der Waals surface area contributed by atoms with Gasteiger partial charge in [-0.1, -0.05) is 19.1 Å². The number of aryl methyl sites for hydroxylation is 1. The van der Waals surface area contributed by atoms with Crippen LogP contribution in [0, 0.1) is 0 Å². The lowest BCUT2D eigenvalue weighted by Crippen LogP contribution is -2.44. The maximum absolute atomic E-state index is 12.1. The Kier molecular flexibility index (Phi) is 7.72. The summed E-state index contributed by atoms with van der Waals surface area (Å²) in [7, 11) is 2.01. The maximum atomic E-state index is 12.1. The minimum absolute atomic E-state index is 0. The summed E-state index contributed by atoms with van der Waals surface area (Å²) in [6.45, 7) is 4.60. The van der Waals surface area contributed by atoms with Crippen molar-refractivity contribution >= 4 is 24.0 Å². The minimum Gasteiger partial charge on any atom is -0.325 e. The van der Waals surface area contributed by atoms with Crippen molar-refractivity contribution in [1.29, 1.82) is 0 Å². The highest BCUT2D eigenvalue weighted by Crippen LogP contribution is 2.12. The fourth-order valence-electron chi connectivity index (χ4n) is 2.65. The molecule has 21 heavy (non-hydrogen) atoms. The molecule has 1 heterocycles. The summed E-state index contributed by atoms with van der Waals surface area (Å²) in [6.07, 6.45) is 3.23. The van der Waals surface area contributed by atoms with E-state index in [-0.39, 0.29) is 18.3 Å². The number of carbonyl (C=O) groups is 1. The molecule has 2 N–H and O–H groups in total. The Morgan fingerprint density at radius 3 is 2.67 bits per heavy atom. The molecule has 1 aliphatic rings. The van der Waals surface area contributed by atoms with E-state index < -0.39 is 0 Å². The SMILES string of the molecule is CCc1cccc(NC(=O)CN2CCC(NC)CC2)c1.Cl. The highest BCUT2D eigenvalue weighted by molar-refractivity contribution is 5.92. The molecule has 0 aromatic heterocycles. The molecule has 0 unspecified atom stereocenters. The van der Waals surface area contributed by atoms with Crippen LogP contribution >= 0.6 is 12.4 Å². The molecule has 0 spiro atoms. The number of carbonyl (C=O) groups excluding carboxylic acids is 1. The molecule has 0 bridgehead atoms. The van der Waals surface area contributed by atoms with Crippen LogP contribution in [0.5, 0.6) is 0 Å². The van der Waals surface area contributed by atoms with Gasteiger partial charge in [0.25, 0.3) is 0 Å². The van der Waals surface area contributed by atoms with Gasteiger partial charge in [-0.15, -0.1) is 12.4 Å². The predicted molar refractivity (Wildman–Crippen MR) is 90.2 cm³/mol. The number of amides is 1. The number of hydrogen-bond donors (Lipinski definition) is 2. The summed E-state index contributed by atoms with van der Waals surface area (Å²) < 4.78 is 0. The minimum atomic E-state index is 0. The fraction of sp³-hybridized carbons (Fsp3) is 0.562. The molecule has 2 rings (SSSR count). The van der Waals surface area contributed by atoms with E-state index in [1.807, 2.05) is 25.2 Å². The second-order valence-corrected chi connectivity index (χ2v) is 5.44. The predicted octanol–water partition coefficient (Wildman–Crippen LogP) is 2.29. The summed E-state index contributed by atoms with van der Waals surface area (Å²) in [5.41, 5.74) is 2.15. The summed E-state index contributed by atoms with van der Waals surface area (Å²) in [4.78, 5) is 14.3. The molecular weight excluding hydrogens is 286 g/mol. The van der Waals surface area contributed by atoms with Crippen LogP contribution in [0.2, 0.25) is 0 Å². The first-order valence-corrected chi connectivity index (χ1v) is 7.49. The van der Waals surface area contributed by atoms with E-state index in [0.717, 1.165) is 38.0 Å². The molecule has 1 saturated heterocycles. The normalized spacial score (nSPS) is 16.3. The topological polar surface area (TPSA) is 44.4 Å². The highest BCUT2D eigenvalue weighted by Gasteiger charge is 2.19. The Bertz CT molecular complexity index is 445. The van der Waals surface area contributed by atoms with E-state index in [4.69, 9.17) is 0 Å². The van der Waals surface area contributed by atoms with Gasteiger partial charge in [0.1, 0.15) is 0 Å². The van der Waals surface area contributed by atoms with Crippen molar-refractivity contribution in [2.45, 2.75) is 32.2 Å². The summed E-state index contributed by atoms with van der Waals surface area (Å²) >= 11 is 0. The highest BCUT2D eigenvalue weighted by atomic mass is 35.5. The Hall–Kier alpha value is -1.10. The first-order valence-electron chi connectivity index (χ1n) is 7.49. The molecule has 1 aliphatic heterocycles. The number of nitrogens with zero attached hydrogens (tertiary/aromatic N) is 1. The molecule has 0 radical (unpaired) electrons. The van der Waals surface area contributed by atoms with Gasteiger partial charge in [0.15, 0.2) is 0 Å². The average Bonchev–Trinajstić information content (AvgIpc) is 2.48. The van der Waals surface area contributed by atoms with Crippen LogP contribution in [0.4, 0.5) is 5.69 Å². The van der Waals surface area contributed by atoms with Crippen LogP contribution in [0.1, 0.15) is 25.3 Å². The van der Waals surface area contributed by atoms with Gasteiger partial charge in [-0.25, -0.2) is 0 Å². The van der Waals surface area contributed by atoms with E-state index in [0.29, 0.717) is 12.6 Å². The smallest absolute Gasteiger partial charge is 0.238 e. The zero-order valence-electron chi connectivity index (χ0n) is 12.9. The lowest BCUT2D eigenvalue weighted by atomic mass is 10.1. The van der Waals surface area contributed by atoms with Crippen molar-refractivity contribution in [3.63, 3.8) is 0 Å². The number of hydrogen-bond acceptors (Lipinski definition) is 3. The fourth-order valence-corrected chi connectivity index (χ4v) is 2.65. The first-order chi connectivity index (χ1) is 9.71. The van der Waals surface area contributed by atoms with E-state index in [9.17, 15) is 4.79 Å². The number of benzene rings is 1. The zero-order chi connectivity index (χ0) is 14.4. The monoisotopic (exact) mass is 311 g/mol. The van der Waals surface area contributed by atoms with Crippen LogP contribution in [-0.4, -0.2) is 43.5 Å². The van der Waals surface area contributed by atoms with Crippen molar-refractivity contribution in [3.8, 4) is 0 Å². The molecular formula is C16H26ClN3O. The number of likely N-dealkylation sites (tertiary alicyclic amines) is 1. The maximum Gasteiger partial charge on any atom is 0.238 e. The molecule has 1 fully saturated rings. The number of nitrogens with one attached hydrogen (secondary N) is 2. The molecule has 0 saturated carbocycles. The molecule has 118 valence electrons. The molecule has 5 heteroatoms. The molecule has 1 aromatic rings. The van der Waals surface area contributed by atoms with Crippen LogP contribution < -0.4 is 10.6 Å². The van der Waals surface area contributed by atoms with E-state index in [1.165, 1.54) is 5.56 Å². The Morgan fingerprint density at radius 2 is 2.05 bits per heavy atom. The zero-order valence-corrected chi connectivity index (χ0v) is 13.7. The molecule has 1 aromatic carbocycles. The van der Waals surface area contributed by atoms with Gasteiger partial charge in [0, 0.05) is 24.8 Å². The average molecular weight is 312 g/mol. The summed E-state index contributed by atoms with van der Waals surface area (Å²) in [6, 6.07) is 8.68. The van der Waals surface area contributed by atoms with Gasteiger partial charge in [-0.05, 0) is 44.0 Å². The Labute approximate surface area is 133 Å². The Balaban J connectivity index is 0.00000220. The van der Waals surface area contributed by atoms with Crippen molar-refractivity contribution < 1.29 is 4.79 Å². The molecule has 0 aliphatic carbocycles. The second-order valence-electron chi connectivity index (χ2n) is 5.44. The van der Waals surface area contributed by atoms with Gasteiger partial charge in [-0.2, -0.15) is 0 Å². The summed E-state index contributed by atoms with van der Waals surface area (Å²) in [5.74, 6) is 0.0844. The van der Waals surface area contributed by atoms with Crippen molar-refractivity contribution in [2.75, 3.05) is 32.0 Å². The van der Waals surface area contributed by atoms with E-state index in [1.54, 1.807) is 0 Å². The van der Waals surface area contributed by atoms with Gasteiger partial charge in [-0.3, -0.25) is 9.69 Å². The number of rotatable bonds is 5. The van der Waals surface area contributed by atoms with E-state index >= 15 is 0 Å². The van der Waals surface area contributed by atoms with Gasteiger partial charge >= 0.3 is 0 Å². The lowest BCUT2D eigenvalue weighted by Gasteiger charge is -2.31. The molecule has 1 amide bonds. The first kappa shape index (κ1) is 18.0. The van der Waals surface area contributed by atoms with Crippen LogP contribution in [0.15, 0.2) is 24.3 Å². The summed E-state index contributed by atoms with van der Waals surface area (Å²) in [5, 5.41) is 6.30. The van der Waals surface area contributed by atoms with Crippen molar-refractivity contribution in [3.05, 3.63) is 29.8 Å². The van der Waals surface area contributed by atoms with Crippen molar-refractivity contribution in [2.24, 2.45) is 0 Å². The number of halogens is 1. The largest absolute Gasteiger partial charge is 0.325 e. The van der Waals surface area contributed by atoms with Gasteiger partial charge < -0.3 is 10.6 Å². The third kappa shape index (κ3) is 5.65. The van der Waals surface area contributed by atoms with E-state index in [2.05, 4.69) is 28.5 Å². The molecule has 0 atom stereocenters. The van der Waals surface area contributed by atoms with Gasteiger partial charge in [0.05, 0.1) is 6.54 Å². The van der Waals surface area contributed by atoms with Crippen LogP contribution in [0.3, 0.4) is 0 Å². The second kappa shape index (κ2) is 9.03. The number of piperidine rings is 1. The van der Waals surface area contributed by atoms with Crippen LogP contribution in [0.25, 0.3) is 0 Å². The third-order valence-corrected chi connectivity index (χ3v) is 3.98. The Morgan fingerprint density at radius 1 is 1.33 bits per heavy atom. The number of anilines is 1. The standard InChI is InChI=1S/C16H25N3O.ClH/c1-3-13-5-4-6-15(11-13)18-16(20)12-19-9-7-14(17-2)8-10-19;/h4-6,11,14,17H,3,7-10,12H2,1-2H3,(H,18,20);1H. The lowest BCUT2D eigenvalue weighted by molar-refractivity contribution is -0.117. The quantitative estimate of drug-likeness (QED) is 0.877. The molecule has 4 nitrogen and oxygen atoms in total. The van der Waals surface area contributed by atoms with Crippen LogP contribution in [-0.2, 0) is 11.2 Å².